The third-order valence-corrected chi connectivity index (χ3v) is 7.28. The van der Waals surface area contributed by atoms with E-state index in [4.69, 9.17) is 4.42 Å². The molecular weight excluding hydrogens is 416 g/mol. The lowest BCUT2D eigenvalue weighted by Gasteiger charge is -2.29. The van der Waals surface area contributed by atoms with Gasteiger partial charge in [0.25, 0.3) is 10.0 Å². The van der Waals surface area contributed by atoms with Gasteiger partial charge < -0.3 is 9.73 Å². The number of amides is 1. The van der Waals surface area contributed by atoms with Crippen molar-refractivity contribution in [2.75, 3.05) is 13.1 Å². The Bertz CT molecular complexity index is 1170. The van der Waals surface area contributed by atoms with Crippen LogP contribution in [-0.2, 0) is 21.4 Å². The first-order valence-electron chi connectivity index (χ1n) is 10.3. The summed E-state index contributed by atoms with van der Waals surface area (Å²) >= 11 is 0. The maximum atomic E-state index is 13.0. The van der Waals surface area contributed by atoms with Gasteiger partial charge in [0.2, 0.25) is 11.0 Å². The molecule has 2 N–H and O–H groups in total. The van der Waals surface area contributed by atoms with Gasteiger partial charge in [-0.2, -0.15) is 9.40 Å². The van der Waals surface area contributed by atoms with Gasteiger partial charge >= 0.3 is 0 Å². The van der Waals surface area contributed by atoms with E-state index in [1.165, 1.54) is 10.4 Å². The number of rotatable bonds is 6. The fourth-order valence-electron chi connectivity index (χ4n) is 3.78. The zero-order valence-corrected chi connectivity index (χ0v) is 18.4. The zero-order valence-electron chi connectivity index (χ0n) is 17.6. The third kappa shape index (κ3) is 4.72. The molecule has 0 radical (unpaired) electrons. The molecule has 0 unspecified atom stereocenters. The fourth-order valence-corrected chi connectivity index (χ4v) is 5.16. The molecule has 0 aliphatic carbocycles. The first-order valence-corrected chi connectivity index (χ1v) is 11.7. The Hall–Kier alpha value is -2.91. The van der Waals surface area contributed by atoms with Gasteiger partial charge in [-0.25, -0.2) is 8.42 Å². The number of benzene rings is 1. The van der Waals surface area contributed by atoms with Crippen molar-refractivity contribution < 1.29 is 17.6 Å². The van der Waals surface area contributed by atoms with Crippen molar-refractivity contribution in [3.63, 3.8) is 0 Å². The molecular formula is C22H26N4O4S. The minimum atomic E-state index is -3.75. The standard InChI is InChI=1S/C22H26N4O4S/c1-15-4-3-5-17(12-15)14-23-22(27)18-8-10-26(11-9-18)31(28,29)21-7-6-20(30-21)19-13-16(2)24-25-19/h3-7,12-13,18H,8-11,14H2,1-2H3,(H,23,27)(H,24,25). The molecule has 3 heterocycles. The van der Waals surface area contributed by atoms with Crippen molar-refractivity contribution >= 4 is 15.9 Å². The van der Waals surface area contributed by atoms with Crippen LogP contribution in [0.5, 0.6) is 0 Å². The molecule has 164 valence electrons. The molecule has 4 rings (SSSR count). The lowest BCUT2D eigenvalue weighted by Crippen LogP contribution is -2.42. The number of nitrogens with one attached hydrogen (secondary N) is 2. The van der Waals surface area contributed by atoms with Crippen LogP contribution >= 0.6 is 0 Å². The molecule has 1 aromatic carbocycles. The van der Waals surface area contributed by atoms with Crippen molar-refractivity contribution in [1.82, 2.24) is 19.8 Å². The van der Waals surface area contributed by atoms with Crippen LogP contribution in [0.3, 0.4) is 0 Å². The average molecular weight is 443 g/mol. The normalized spacial score (nSPS) is 15.8. The summed E-state index contributed by atoms with van der Waals surface area (Å²) in [4.78, 5) is 12.5. The third-order valence-electron chi connectivity index (χ3n) is 5.51. The van der Waals surface area contributed by atoms with Crippen LogP contribution < -0.4 is 5.32 Å². The van der Waals surface area contributed by atoms with E-state index in [-0.39, 0.29) is 30.0 Å². The summed E-state index contributed by atoms with van der Waals surface area (Å²) in [7, 11) is -3.75. The molecule has 1 aliphatic rings. The Balaban J connectivity index is 1.34. The Kier molecular flexibility index (Phi) is 5.97. The zero-order chi connectivity index (χ0) is 22.0. The predicted molar refractivity (Wildman–Crippen MR) is 116 cm³/mol. The second-order valence-corrected chi connectivity index (χ2v) is 9.81. The molecule has 0 spiro atoms. The van der Waals surface area contributed by atoms with Crippen LogP contribution in [0.2, 0.25) is 0 Å². The summed E-state index contributed by atoms with van der Waals surface area (Å²) in [5, 5.41) is 9.77. The van der Waals surface area contributed by atoms with E-state index in [9.17, 15) is 13.2 Å². The number of nitrogens with zero attached hydrogens (tertiary/aromatic N) is 2. The topological polar surface area (TPSA) is 108 Å². The van der Waals surface area contributed by atoms with Gasteiger partial charge in [0.15, 0.2) is 5.76 Å². The maximum absolute atomic E-state index is 13.0. The number of aromatic nitrogens is 2. The monoisotopic (exact) mass is 442 g/mol. The first-order chi connectivity index (χ1) is 14.8. The van der Waals surface area contributed by atoms with Crippen molar-refractivity contribution in [3.8, 4) is 11.5 Å². The van der Waals surface area contributed by atoms with Crippen LogP contribution in [0.1, 0.15) is 29.7 Å². The number of hydrogen-bond donors (Lipinski definition) is 2. The molecule has 1 saturated heterocycles. The average Bonchev–Trinajstić information content (AvgIpc) is 3.42. The molecule has 0 saturated carbocycles. The number of piperidine rings is 1. The molecule has 31 heavy (non-hydrogen) atoms. The van der Waals surface area contributed by atoms with E-state index in [2.05, 4.69) is 15.5 Å². The van der Waals surface area contributed by atoms with Gasteiger partial charge in [-0.05, 0) is 50.5 Å². The van der Waals surface area contributed by atoms with E-state index < -0.39 is 10.0 Å². The van der Waals surface area contributed by atoms with Crippen LogP contribution in [0, 0.1) is 19.8 Å². The summed E-state index contributed by atoms with van der Waals surface area (Å²) in [6, 6.07) is 12.8. The molecule has 3 aromatic rings. The number of carbonyl (C=O) groups is 1. The number of sulfonamides is 1. The molecule has 2 aromatic heterocycles. The quantitative estimate of drug-likeness (QED) is 0.610. The molecule has 0 atom stereocenters. The van der Waals surface area contributed by atoms with Crippen LogP contribution in [0.4, 0.5) is 0 Å². The van der Waals surface area contributed by atoms with Crippen LogP contribution in [0.25, 0.3) is 11.5 Å². The Morgan fingerprint density at radius 2 is 1.97 bits per heavy atom. The summed E-state index contributed by atoms with van der Waals surface area (Å²) in [6.45, 7) is 4.91. The van der Waals surface area contributed by atoms with Gasteiger partial charge in [-0.3, -0.25) is 9.89 Å². The summed E-state index contributed by atoms with van der Waals surface area (Å²) in [6.07, 6.45) is 0.954. The first kappa shape index (κ1) is 21.3. The minimum absolute atomic E-state index is 0.0345. The molecule has 1 fully saturated rings. The van der Waals surface area contributed by atoms with E-state index in [1.54, 1.807) is 12.1 Å². The van der Waals surface area contributed by atoms with Gasteiger partial charge in [0.1, 0.15) is 5.69 Å². The summed E-state index contributed by atoms with van der Waals surface area (Å²) in [5.41, 5.74) is 3.62. The predicted octanol–water partition coefficient (Wildman–Crippen LogP) is 3.00. The lowest BCUT2D eigenvalue weighted by molar-refractivity contribution is -0.126. The highest BCUT2D eigenvalue weighted by molar-refractivity contribution is 7.89. The van der Waals surface area contributed by atoms with Crippen molar-refractivity contribution in [2.24, 2.45) is 5.92 Å². The van der Waals surface area contributed by atoms with E-state index in [1.807, 2.05) is 38.1 Å². The number of aromatic amines is 1. The number of furan rings is 1. The second-order valence-electron chi connectivity index (χ2n) is 7.94. The van der Waals surface area contributed by atoms with E-state index in [0.29, 0.717) is 30.8 Å². The highest BCUT2D eigenvalue weighted by atomic mass is 32.2. The molecule has 9 heteroatoms. The van der Waals surface area contributed by atoms with Crippen molar-refractivity contribution in [2.45, 2.75) is 38.3 Å². The Morgan fingerprint density at radius 1 is 1.19 bits per heavy atom. The van der Waals surface area contributed by atoms with Gasteiger partial charge in [0.05, 0.1) is 0 Å². The van der Waals surface area contributed by atoms with Gasteiger partial charge in [-0.15, -0.1) is 0 Å². The maximum Gasteiger partial charge on any atom is 0.276 e. The van der Waals surface area contributed by atoms with Gasteiger partial charge in [-0.1, -0.05) is 29.8 Å². The second kappa shape index (κ2) is 8.68. The van der Waals surface area contributed by atoms with Crippen LogP contribution in [-0.4, -0.2) is 41.9 Å². The Labute approximate surface area is 181 Å². The number of carbonyl (C=O) groups excluding carboxylic acids is 1. The van der Waals surface area contributed by atoms with E-state index >= 15 is 0 Å². The van der Waals surface area contributed by atoms with E-state index in [0.717, 1.165) is 16.8 Å². The number of hydrogen-bond acceptors (Lipinski definition) is 5. The van der Waals surface area contributed by atoms with Crippen LogP contribution in [0.15, 0.2) is 52.0 Å². The largest absolute Gasteiger partial charge is 0.442 e. The molecule has 1 amide bonds. The molecule has 8 nitrogen and oxygen atoms in total. The minimum Gasteiger partial charge on any atom is -0.442 e. The summed E-state index contributed by atoms with van der Waals surface area (Å²) < 4.78 is 32.9. The highest BCUT2D eigenvalue weighted by Crippen LogP contribution is 2.28. The highest BCUT2D eigenvalue weighted by Gasteiger charge is 2.34. The van der Waals surface area contributed by atoms with Crippen molar-refractivity contribution in [1.29, 1.82) is 0 Å². The number of H-pyrrole nitrogens is 1. The summed E-state index contributed by atoms with van der Waals surface area (Å²) in [5.74, 6) is 0.163. The lowest BCUT2D eigenvalue weighted by atomic mass is 9.97. The Morgan fingerprint density at radius 3 is 2.65 bits per heavy atom. The van der Waals surface area contributed by atoms with Gasteiger partial charge in [0, 0.05) is 31.2 Å². The fraction of sp³-hybridized carbons (Fsp3) is 0.364. The van der Waals surface area contributed by atoms with Crippen molar-refractivity contribution in [3.05, 3.63) is 59.3 Å². The smallest absolute Gasteiger partial charge is 0.276 e. The molecule has 0 bridgehead atoms. The number of aryl methyl sites for hydroxylation is 2. The molecule has 1 aliphatic heterocycles. The SMILES string of the molecule is Cc1cccc(CNC(=O)C2CCN(S(=O)(=O)c3ccc(-c4cc(C)[nH]n4)o3)CC2)c1.